The fourth-order valence-corrected chi connectivity index (χ4v) is 3.56. The summed E-state index contributed by atoms with van der Waals surface area (Å²) in [4.78, 5) is 28.4. The topological polar surface area (TPSA) is 72.9 Å². The van der Waals surface area contributed by atoms with E-state index in [9.17, 15) is 14.7 Å². The van der Waals surface area contributed by atoms with Crippen molar-refractivity contribution in [3.63, 3.8) is 0 Å². The minimum atomic E-state index is -0.678. The highest BCUT2D eigenvalue weighted by atomic mass is 16.3. The summed E-state index contributed by atoms with van der Waals surface area (Å²) in [5, 5.41) is 13.0. The zero-order valence-corrected chi connectivity index (χ0v) is 14.8. The summed E-state index contributed by atoms with van der Waals surface area (Å²) in [6, 6.07) is 7.60. The first-order valence-corrected chi connectivity index (χ1v) is 9.09. The predicted octanol–water partition coefficient (Wildman–Crippen LogP) is 1.63. The second-order valence-electron chi connectivity index (χ2n) is 7.27. The molecular formula is C19H27N3O3. The molecule has 1 atom stereocenters. The predicted molar refractivity (Wildman–Crippen MR) is 95.5 cm³/mol. The lowest BCUT2D eigenvalue weighted by atomic mass is 9.98. The van der Waals surface area contributed by atoms with Crippen molar-refractivity contribution in [2.24, 2.45) is 0 Å². The van der Waals surface area contributed by atoms with Crippen LogP contribution in [0.5, 0.6) is 0 Å². The van der Waals surface area contributed by atoms with E-state index in [-0.39, 0.29) is 11.9 Å². The first kappa shape index (κ1) is 17.7. The van der Waals surface area contributed by atoms with Crippen molar-refractivity contribution in [3.8, 4) is 0 Å². The third-order valence-electron chi connectivity index (χ3n) is 5.19. The zero-order chi connectivity index (χ0) is 17.9. The minimum absolute atomic E-state index is 0.0434. The fourth-order valence-electron chi connectivity index (χ4n) is 3.56. The molecule has 0 unspecified atom stereocenters. The van der Waals surface area contributed by atoms with Crippen LogP contribution in [0.15, 0.2) is 24.3 Å². The molecule has 3 amide bonds. The van der Waals surface area contributed by atoms with E-state index in [0.717, 1.165) is 30.4 Å². The molecular weight excluding hydrogens is 318 g/mol. The quantitative estimate of drug-likeness (QED) is 0.875. The van der Waals surface area contributed by atoms with Crippen molar-refractivity contribution in [1.82, 2.24) is 15.1 Å². The Morgan fingerprint density at radius 3 is 2.88 bits per heavy atom. The van der Waals surface area contributed by atoms with E-state index in [2.05, 4.69) is 5.32 Å². The van der Waals surface area contributed by atoms with E-state index >= 15 is 0 Å². The van der Waals surface area contributed by atoms with Gasteiger partial charge >= 0.3 is 6.03 Å². The van der Waals surface area contributed by atoms with Crippen molar-refractivity contribution in [3.05, 3.63) is 35.4 Å². The molecule has 1 aromatic rings. The molecule has 136 valence electrons. The third kappa shape index (κ3) is 4.31. The molecule has 0 bridgehead atoms. The van der Waals surface area contributed by atoms with Gasteiger partial charge in [0.05, 0.1) is 5.60 Å². The number of urea groups is 1. The molecule has 0 aliphatic carbocycles. The Kier molecular flexibility index (Phi) is 5.27. The second kappa shape index (κ2) is 7.44. The Bertz CT molecular complexity index is 645. The van der Waals surface area contributed by atoms with Gasteiger partial charge in [-0.2, -0.15) is 0 Å². The zero-order valence-electron chi connectivity index (χ0n) is 14.8. The maximum absolute atomic E-state index is 12.5. The highest BCUT2D eigenvalue weighted by Crippen LogP contribution is 2.21. The van der Waals surface area contributed by atoms with Gasteiger partial charge < -0.3 is 20.2 Å². The molecule has 0 aromatic heterocycles. The monoisotopic (exact) mass is 345 g/mol. The van der Waals surface area contributed by atoms with Gasteiger partial charge in [0.15, 0.2) is 0 Å². The van der Waals surface area contributed by atoms with E-state index in [4.69, 9.17) is 0 Å². The highest BCUT2D eigenvalue weighted by Gasteiger charge is 2.27. The largest absolute Gasteiger partial charge is 0.390 e. The van der Waals surface area contributed by atoms with Gasteiger partial charge in [-0.25, -0.2) is 4.79 Å². The maximum Gasteiger partial charge on any atom is 0.317 e. The van der Waals surface area contributed by atoms with Crippen LogP contribution in [0.3, 0.4) is 0 Å². The van der Waals surface area contributed by atoms with Gasteiger partial charge in [-0.1, -0.05) is 18.2 Å². The molecule has 0 spiro atoms. The second-order valence-corrected chi connectivity index (χ2v) is 7.27. The lowest BCUT2D eigenvalue weighted by Gasteiger charge is -2.29. The molecule has 6 nitrogen and oxygen atoms in total. The van der Waals surface area contributed by atoms with Crippen molar-refractivity contribution >= 4 is 11.9 Å². The number of aliphatic hydroxyl groups is 1. The van der Waals surface area contributed by atoms with Crippen LogP contribution >= 0.6 is 0 Å². The molecule has 25 heavy (non-hydrogen) atoms. The summed E-state index contributed by atoms with van der Waals surface area (Å²) >= 11 is 0. The van der Waals surface area contributed by atoms with Crippen molar-refractivity contribution < 1.29 is 14.7 Å². The number of nitrogens with zero attached hydrogens (tertiary/aromatic N) is 2. The normalized spacial score (nSPS) is 23.8. The van der Waals surface area contributed by atoms with Gasteiger partial charge in [0, 0.05) is 38.3 Å². The molecule has 1 aromatic carbocycles. The smallest absolute Gasteiger partial charge is 0.317 e. The van der Waals surface area contributed by atoms with E-state index in [0.29, 0.717) is 39.1 Å². The van der Waals surface area contributed by atoms with Crippen LogP contribution in [-0.4, -0.2) is 65.2 Å². The van der Waals surface area contributed by atoms with Crippen molar-refractivity contribution in [2.45, 2.75) is 38.2 Å². The number of fused-ring (bicyclic) bond motifs is 1. The first-order chi connectivity index (χ1) is 12.0. The molecule has 1 saturated heterocycles. The maximum atomic E-state index is 12.5. The fraction of sp³-hybridized carbons (Fsp3) is 0.579. The number of carbonyl (C=O) groups excluding carboxylic acids is 2. The average molecular weight is 345 g/mol. The van der Waals surface area contributed by atoms with Crippen molar-refractivity contribution in [2.75, 3.05) is 32.7 Å². The highest BCUT2D eigenvalue weighted by molar-refractivity contribution is 5.96. The van der Waals surface area contributed by atoms with Crippen molar-refractivity contribution in [1.29, 1.82) is 0 Å². The van der Waals surface area contributed by atoms with Gasteiger partial charge in [0.25, 0.3) is 5.91 Å². The van der Waals surface area contributed by atoms with Gasteiger partial charge in [-0.3, -0.25) is 4.79 Å². The molecule has 2 heterocycles. The molecule has 6 heteroatoms. The van der Waals surface area contributed by atoms with Crippen LogP contribution in [0.2, 0.25) is 0 Å². The lowest BCUT2D eigenvalue weighted by molar-refractivity contribution is 0.0456. The summed E-state index contributed by atoms with van der Waals surface area (Å²) in [7, 11) is 0. The first-order valence-electron chi connectivity index (χ1n) is 9.09. The molecule has 1 fully saturated rings. The molecule has 2 aliphatic heterocycles. The number of rotatable bonds is 3. The summed E-state index contributed by atoms with van der Waals surface area (Å²) < 4.78 is 0. The number of carbonyl (C=O) groups is 2. The summed E-state index contributed by atoms with van der Waals surface area (Å²) in [5.74, 6) is 0.0434. The Morgan fingerprint density at radius 2 is 2.04 bits per heavy atom. The minimum Gasteiger partial charge on any atom is -0.390 e. The van der Waals surface area contributed by atoms with E-state index in [1.807, 2.05) is 31.2 Å². The van der Waals surface area contributed by atoms with Gasteiger partial charge in [0.2, 0.25) is 0 Å². The van der Waals surface area contributed by atoms with Crippen LogP contribution in [-0.2, 0) is 6.42 Å². The Hall–Kier alpha value is -2.08. The molecule has 2 N–H and O–H groups in total. The number of hydrogen-bond donors (Lipinski definition) is 2. The SMILES string of the molecule is C[C@]1(O)CCCN(C(=O)NCCN2CCc3ccccc3C2=O)CC1. The number of likely N-dealkylation sites (tertiary alicyclic amines) is 1. The summed E-state index contributed by atoms with van der Waals surface area (Å²) in [6.07, 6.45) is 2.99. The molecule has 0 radical (unpaired) electrons. The standard InChI is InChI=1S/C19H27N3O3/c1-19(25)8-4-11-22(13-9-19)18(24)20-10-14-21-12-7-15-5-2-3-6-16(15)17(21)23/h2-3,5-6,25H,4,7-14H2,1H3,(H,20,24)/t19-/m0/s1. The molecule has 0 saturated carbocycles. The number of nitrogens with one attached hydrogen (secondary N) is 1. The van der Waals surface area contributed by atoms with Crippen LogP contribution in [0, 0.1) is 0 Å². The van der Waals surface area contributed by atoms with Crippen LogP contribution in [0.1, 0.15) is 42.1 Å². The molecule has 2 aliphatic rings. The number of hydrogen-bond acceptors (Lipinski definition) is 3. The van der Waals surface area contributed by atoms with Gasteiger partial charge in [0.1, 0.15) is 0 Å². The lowest BCUT2D eigenvalue weighted by Crippen LogP contribution is -2.46. The Morgan fingerprint density at radius 1 is 1.24 bits per heavy atom. The van der Waals surface area contributed by atoms with Crippen LogP contribution in [0.4, 0.5) is 4.79 Å². The van der Waals surface area contributed by atoms with Crippen LogP contribution in [0.25, 0.3) is 0 Å². The Balaban J connectivity index is 1.47. The average Bonchev–Trinajstić information content (AvgIpc) is 2.78. The van der Waals surface area contributed by atoms with Gasteiger partial charge in [-0.15, -0.1) is 0 Å². The summed E-state index contributed by atoms with van der Waals surface area (Å²) in [6.45, 7) is 4.71. The number of benzene rings is 1. The Labute approximate surface area is 148 Å². The molecule has 3 rings (SSSR count). The van der Waals surface area contributed by atoms with E-state index in [1.165, 1.54) is 0 Å². The van der Waals surface area contributed by atoms with Crippen LogP contribution < -0.4 is 5.32 Å². The van der Waals surface area contributed by atoms with E-state index < -0.39 is 5.60 Å². The summed E-state index contributed by atoms with van der Waals surface area (Å²) in [5.41, 5.74) is 1.20. The third-order valence-corrected chi connectivity index (χ3v) is 5.19. The number of amides is 3. The van der Waals surface area contributed by atoms with E-state index in [1.54, 1.807) is 9.80 Å². The van der Waals surface area contributed by atoms with Gasteiger partial charge in [-0.05, 0) is 44.2 Å².